The van der Waals surface area contributed by atoms with E-state index in [-0.39, 0.29) is 41.5 Å². The maximum Gasteiger partial charge on any atom is 0.311 e. The molecule has 9 nitrogen and oxygen atoms in total. The molecule has 0 unspecified atom stereocenters. The third-order valence-corrected chi connectivity index (χ3v) is 3.93. The molecular formula is C18H14F3N5O4. The van der Waals surface area contributed by atoms with Crippen molar-refractivity contribution in [2.75, 3.05) is 18.5 Å². The Kier molecular flexibility index (Phi) is 5.95. The minimum Gasteiger partial charge on any atom is -0.485 e. The first-order valence-electron chi connectivity index (χ1n) is 8.49. The topological polar surface area (TPSA) is 119 Å². The van der Waals surface area contributed by atoms with Crippen LogP contribution in [0.25, 0.3) is 10.9 Å². The summed E-state index contributed by atoms with van der Waals surface area (Å²) in [4.78, 5) is 29.6. The molecule has 1 amide bonds. The summed E-state index contributed by atoms with van der Waals surface area (Å²) in [6.45, 7) is 1.43. The van der Waals surface area contributed by atoms with Gasteiger partial charge in [-0.05, 0) is 12.1 Å². The molecule has 0 bridgehead atoms. The Morgan fingerprint density at radius 1 is 1.20 bits per heavy atom. The molecule has 156 valence electrons. The number of carbonyl (C=O) groups excluding carboxylic acids is 1. The molecule has 12 heteroatoms. The Labute approximate surface area is 167 Å². The average molecular weight is 421 g/mol. The van der Waals surface area contributed by atoms with Gasteiger partial charge in [-0.1, -0.05) is 0 Å². The van der Waals surface area contributed by atoms with Crippen molar-refractivity contribution >= 4 is 34.0 Å². The monoisotopic (exact) mass is 421 g/mol. The Hall–Kier alpha value is -3.96. The number of fused-ring (bicyclic) bond motifs is 1. The van der Waals surface area contributed by atoms with Gasteiger partial charge in [-0.2, -0.15) is 0 Å². The van der Waals surface area contributed by atoms with Gasteiger partial charge in [-0.15, -0.1) is 0 Å². The number of nitrogens with one attached hydrogen (secondary N) is 2. The fraction of sp³-hybridized carbons (Fsp3) is 0.167. The fourth-order valence-electron chi connectivity index (χ4n) is 2.57. The van der Waals surface area contributed by atoms with Crippen molar-refractivity contribution in [2.24, 2.45) is 0 Å². The number of nitrogens with zero attached hydrogens (tertiary/aromatic N) is 3. The maximum absolute atomic E-state index is 14.0. The van der Waals surface area contributed by atoms with Crippen LogP contribution >= 0.6 is 0 Å². The predicted molar refractivity (Wildman–Crippen MR) is 100.0 cm³/mol. The minimum atomic E-state index is -1.67. The molecular weight excluding hydrogens is 407 g/mol. The fourth-order valence-corrected chi connectivity index (χ4v) is 2.57. The highest BCUT2D eigenvalue weighted by atomic mass is 19.2. The largest absolute Gasteiger partial charge is 0.485 e. The number of nitro groups is 1. The van der Waals surface area contributed by atoms with Crippen LogP contribution in [0.4, 0.5) is 30.4 Å². The van der Waals surface area contributed by atoms with E-state index in [4.69, 9.17) is 4.74 Å². The highest BCUT2D eigenvalue weighted by Crippen LogP contribution is 2.35. The highest BCUT2D eigenvalue weighted by Gasteiger charge is 2.20. The molecule has 1 heterocycles. The van der Waals surface area contributed by atoms with Gasteiger partial charge in [0.2, 0.25) is 5.91 Å². The lowest BCUT2D eigenvalue weighted by atomic mass is 10.2. The smallest absolute Gasteiger partial charge is 0.311 e. The number of nitro benzene ring substituents is 1. The van der Waals surface area contributed by atoms with Crippen LogP contribution in [0.2, 0.25) is 0 Å². The van der Waals surface area contributed by atoms with E-state index < -0.39 is 33.7 Å². The number of halogens is 3. The molecule has 0 saturated carbocycles. The molecule has 3 aromatic rings. The van der Waals surface area contributed by atoms with Crippen LogP contribution < -0.4 is 15.4 Å². The quantitative estimate of drug-likeness (QED) is 0.260. The van der Waals surface area contributed by atoms with Crippen LogP contribution in [0.1, 0.15) is 6.92 Å². The van der Waals surface area contributed by atoms with Gasteiger partial charge in [0.05, 0.1) is 28.1 Å². The third-order valence-electron chi connectivity index (χ3n) is 3.93. The van der Waals surface area contributed by atoms with Crippen LogP contribution in [0.5, 0.6) is 5.75 Å². The number of amides is 1. The summed E-state index contributed by atoms with van der Waals surface area (Å²) in [7, 11) is 0. The lowest BCUT2D eigenvalue weighted by Crippen LogP contribution is -2.25. The predicted octanol–water partition coefficient (Wildman–Crippen LogP) is 3.21. The molecule has 0 aliphatic heterocycles. The van der Waals surface area contributed by atoms with E-state index in [0.29, 0.717) is 0 Å². The van der Waals surface area contributed by atoms with E-state index in [0.717, 1.165) is 24.5 Å². The van der Waals surface area contributed by atoms with E-state index in [2.05, 4.69) is 20.6 Å². The number of rotatable bonds is 7. The van der Waals surface area contributed by atoms with Gasteiger partial charge < -0.3 is 15.4 Å². The second-order valence-corrected chi connectivity index (χ2v) is 6.00. The van der Waals surface area contributed by atoms with Gasteiger partial charge in [0.15, 0.2) is 23.2 Å². The zero-order valence-corrected chi connectivity index (χ0v) is 15.4. The molecule has 0 spiro atoms. The number of ether oxygens (including phenoxy) is 1. The minimum absolute atomic E-state index is 0.0256. The summed E-state index contributed by atoms with van der Waals surface area (Å²) in [5.74, 6) is -4.92. The van der Waals surface area contributed by atoms with E-state index in [1.54, 1.807) is 0 Å². The molecule has 1 aromatic heterocycles. The number of aromatic nitrogens is 2. The zero-order valence-electron chi connectivity index (χ0n) is 15.4. The zero-order chi connectivity index (χ0) is 21.8. The summed E-state index contributed by atoms with van der Waals surface area (Å²) in [6, 6.07) is 4.10. The van der Waals surface area contributed by atoms with Crippen molar-refractivity contribution in [1.82, 2.24) is 15.3 Å². The van der Waals surface area contributed by atoms with Gasteiger partial charge in [0.1, 0.15) is 18.8 Å². The Balaban J connectivity index is 1.98. The second-order valence-electron chi connectivity index (χ2n) is 6.00. The van der Waals surface area contributed by atoms with E-state index in [9.17, 15) is 28.1 Å². The summed E-state index contributed by atoms with van der Waals surface area (Å²) in [5, 5.41) is 16.6. The van der Waals surface area contributed by atoms with Crippen molar-refractivity contribution in [3.8, 4) is 5.75 Å². The van der Waals surface area contributed by atoms with Crippen LogP contribution in [0.3, 0.4) is 0 Å². The van der Waals surface area contributed by atoms with Gasteiger partial charge >= 0.3 is 5.69 Å². The number of hydrogen-bond acceptors (Lipinski definition) is 7. The molecule has 0 radical (unpaired) electrons. The third kappa shape index (κ3) is 4.37. The first kappa shape index (κ1) is 20.8. The molecule has 2 N–H and O–H groups in total. The SMILES string of the molecule is CC(=O)NCCOc1cc2ncnc(Nc3ccc(F)c(F)c3F)c2cc1[N+](=O)[O-]. The van der Waals surface area contributed by atoms with Gasteiger partial charge in [0, 0.05) is 19.1 Å². The van der Waals surface area contributed by atoms with Crippen molar-refractivity contribution in [3.63, 3.8) is 0 Å². The summed E-state index contributed by atoms with van der Waals surface area (Å²) in [5.41, 5.74) is -0.614. The molecule has 0 fully saturated rings. The van der Waals surface area contributed by atoms with E-state index >= 15 is 0 Å². The molecule has 0 aliphatic rings. The standard InChI is InChI=1S/C18H14F3N5O4/c1-9(27)22-4-5-30-15-7-13-10(6-14(15)26(28)29)18(24-8-23-13)25-12-3-2-11(19)16(20)17(12)21/h2-3,6-8H,4-5H2,1H3,(H,22,27)(H,23,24,25). The Morgan fingerprint density at radius 3 is 2.67 bits per heavy atom. The van der Waals surface area contributed by atoms with Gasteiger partial charge in [-0.3, -0.25) is 14.9 Å². The van der Waals surface area contributed by atoms with Crippen LogP contribution in [-0.4, -0.2) is 34.0 Å². The second kappa shape index (κ2) is 8.59. The van der Waals surface area contributed by atoms with Crippen LogP contribution in [0, 0.1) is 27.6 Å². The van der Waals surface area contributed by atoms with Crippen molar-refractivity contribution in [3.05, 3.63) is 58.2 Å². The molecule has 0 atom stereocenters. The normalized spacial score (nSPS) is 10.7. The Morgan fingerprint density at radius 2 is 1.97 bits per heavy atom. The molecule has 30 heavy (non-hydrogen) atoms. The van der Waals surface area contributed by atoms with E-state index in [1.807, 2.05) is 0 Å². The van der Waals surface area contributed by atoms with Crippen molar-refractivity contribution in [2.45, 2.75) is 6.92 Å². The number of anilines is 2. The molecule has 0 saturated heterocycles. The Bertz CT molecular complexity index is 1140. The van der Waals surface area contributed by atoms with E-state index in [1.165, 1.54) is 13.0 Å². The number of hydrogen-bond donors (Lipinski definition) is 2. The van der Waals surface area contributed by atoms with Gasteiger partial charge in [-0.25, -0.2) is 23.1 Å². The first-order valence-corrected chi connectivity index (χ1v) is 8.49. The summed E-state index contributed by atoms with van der Waals surface area (Å²) >= 11 is 0. The molecule has 3 rings (SSSR count). The maximum atomic E-state index is 14.0. The highest BCUT2D eigenvalue weighted by molar-refractivity contribution is 5.93. The van der Waals surface area contributed by atoms with Crippen molar-refractivity contribution in [1.29, 1.82) is 0 Å². The first-order chi connectivity index (χ1) is 14.3. The van der Waals surface area contributed by atoms with Crippen molar-refractivity contribution < 1.29 is 27.6 Å². The average Bonchev–Trinajstić information content (AvgIpc) is 2.71. The molecule has 2 aromatic carbocycles. The van der Waals surface area contributed by atoms with Crippen LogP contribution in [0.15, 0.2) is 30.6 Å². The van der Waals surface area contributed by atoms with Gasteiger partial charge in [0.25, 0.3) is 0 Å². The summed E-state index contributed by atoms with van der Waals surface area (Å²) in [6.07, 6.45) is 1.11. The lowest BCUT2D eigenvalue weighted by molar-refractivity contribution is -0.385. The molecule has 0 aliphatic carbocycles. The van der Waals surface area contributed by atoms with Crippen LogP contribution in [-0.2, 0) is 4.79 Å². The number of benzene rings is 2. The summed E-state index contributed by atoms with van der Waals surface area (Å²) < 4.78 is 45.9. The lowest BCUT2D eigenvalue weighted by Gasteiger charge is -2.12. The number of carbonyl (C=O) groups is 1.